The van der Waals surface area contributed by atoms with Gasteiger partial charge in [0.2, 0.25) is 0 Å². The minimum Gasteiger partial charge on any atom is -0.191 e. The summed E-state index contributed by atoms with van der Waals surface area (Å²) in [5.74, 6) is 0.634. The van der Waals surface area contributed by atoms with Crippen molar-refractivity contribution < 1.29 is 26.2 Å². The van der Waals surface area contributed by atoms with Crippen LogP contribution in [0.1, 0.15) is 45.2 Å². The van der Waals surface area contributed by atoms with Gasteiger partial charge in [0.1, 0.15) is 8.07 Å². The van der Waals surface area contributed by atoms with E-state index in [0.717, 1.165) is 0 Å². The van der Waals surface area contributed by atoms with E-state index >= 15 is 0 Å². The van der Waals surface area contributed by atoms with E-state index in [1.807, 2.05) is 0 Å². The molecule has 0 aromatic heterocycles. The Bertz CT molecular complexity index is 1310. The Morgan fingerprint density at radius 2 is 0.861 bits per heavy atom. The molecule has 0 aliphatic heterocycles. The molecular weight excluding hydrogens is 528 g/mol. The van der Waals surface area contributed by atoms with Crippen LogP contribution in [-0.2, 0) is 26.2 Å². The average molecular weight is 558 g/mol. The van der Waals surface area contributed by atoms with Crippen molar-refractivity contribution in [1.29, 1.82) is 0 Å². The van der Waals surface area contributed by atoms with Gasteiger partial charge in [-0.05, 0) is 34.1 Å². The predicted octanol–water partition coefficient (Wildman–Crippen LogP) is 8.64. The summed E-state index contributed by atoms with van der Waals surface area (Å²) in [5, 5.41) is 3.21. The maximum absolute atomic E-state index is 2.56. The first-order chi connectivity index (χ1) is 17.1. The van der Waals surface area contributed by atoms with E-state index in [2.05, 4.69) is 147 Å². The molecule has 0 bridgehead atoms. The van der Waals surface area contributed by atoms with Crippen LogP contribution in [0.4, 0.5) is 0 Å². The molecule has 6 rings (SSSR count). The van der Waals surface area contributed by atoms with Crippen LogP contribution in [0.2, 0.25) is 13.1 Å². The number of benzene rings is 4. The molecule has 0 fully saturated rings. The molecule has 2 atom stereocenters. The van der Waals surface area contributed by atoms with Crippen molar-refractivity contribution >= 4 is 20.2 Å². The SMILES string of the molecule is C[Si](C)(C1=Cc2ccccc2C1[CH-]c1ccccc1)C1=Cc2ccccc2C1[CH-]c1ccccc1.[Zr+2]. The zero-order chi connectivity index (χ0) is 23.8. The number of hydrogen-bond acceptors (Lipinski definition) is 0. The second-order valence-corrected chi connectivity index (χ2v) is 14.6. The van der Waals surface area contributed by atoms with Crippen molar-refractivity contribution in [2.24, 2.45) is 0 Å². The van der Waals surface area contributed by atoms with Crippen molar-refractivity contribution in [3.63, 3.8) is 0 Å². The van der Waals surface area contributed by atoms with Gasteiger partial charge < -0.3 is 0 Å². The zero-order valence-electron chi connectivity index (χ0n) is 20.9. The fraction of sp³-hybridized carbons (Fsp3) is 0.118. The minimum absolute atomic E-state index is 0. The molecule has 0 N–H and O–H groups in total. The summed E-state index contributed by atoms with van der Waals surface area (Å²) >= 11 is 0. The Balaban J connectivity index is 0.00000267. The normalized spacial score (nSPS) is 17.8. The fourth-order valence-electron chi connectivity index (χ4n) is 5.88. The summed E-state index contributed by atoms with van der Waals surface area (Å²) in [6.45, 7) is 5.11. The first-order valence-electron chi connectivity index (χ1n) is 12.5. The van der Waals surface area contributed by atoms with Crippen LogP contribution >= 0.6 is 0 Å². The second kappa shape index (κ2) is 10.3. The predicted molar refractivity (Wildman–Crippen MR) is 151 cm³/mol. The van der Waals surface area contributed by atoms with Gasteiger partial charge in [-0.15, -0.1) is 24.3 Å². The van der Waals surface area contributed by atoms with E-state index in [-0.39, 0.29) is 26.2 Å². The molecular formula is C34H30SiZr. The molecule has 4 aromatic carbocycles. The van der Waals surface area contributed by atoms with E-state index < -0.39 is 8.07 Å². The third kappa shape index (κ3) is 4.54. The molecule has 0 radical (unpaired) electrons. The van der Waals surface area contributed by atoms with E-state index in [9.17, 15) is 0 Å². The summed E-state index contributed by atoms with van der Waals surface area (Å²) in [7, 11) is -2.01. The maximum Gasteiger partial charge on any atom is 2.00 e. The number of rotatable bonds is 6. The van der Waals surface area contributed by atoms with Gasteiger partial charge in [0, 0.05) is 0 Å². The Morgan fingerprint density at radius 1 is 0.500 bits per heavy atom. The van der Waals surface area contributed by atoms with E-state index in [1.165, 1.54) is 33.4 Å². The first kappa shape index (κ1) is 24.9. The quantitative estimate of drug-likeness (QED) is 0.164. The van der Waals surface area contributed by atoms with Crippen molar-refractivity contribution in [2.45, 2.75) is 24.9 Å². The van der Waals surface area contributed by atoms with Crippen LogP contribution in [-0.4, -0.2) is 8.07 Å². The standard InChI is InChI=1S/C34H30Si.Zr/c1-35(2,33-23-27-17-9-11-19-29(27)31(33)21-25-13-5-3-6-14-25)34-24-28-18-10-12-20-30(28)32(34)22-26-15-7-4-8-16-26;/h3-24,31-32H,1-2H3;/q-2;+2. The Morgan fingerprint density at radius 3 is 1.28 bits per heavy atom. The van der Waals surface area contributed by atoms with E-state index in [4.69, 9.17) is 0 Å². The maximum atomic E-state index is 2.56. The summed E-state index contributed by atoms with van der Waals surface area (Å²) in [4.78, 5) is 0. The molecule has 174 valence electrons. The van der Waals surface area contributed by atoms with Crippen molar-refractivity contribution in [2.75, 3.05) is 0 Å². The van der Waals surface area contributed by atoms with E-state index in [1.54, 1.807) is 10.4 Å². The topological polar surface area (TPSA) is 0 Å². The van der Waals surface area contributed by atoms with Crippen LogP contribution < -0.4 is 0 Å². The molecule has 4 aromatic rings. The van der Waals surface area contributed by atoms with Gasteiger partial charge in [0.15, 0.2) is 0 Å². The summed E-state index contributed by atoms with van der Waals surface area (Å²) < 4.78 is 0. The molecule has 0 saturated heterocycles. The molecule has 2 aliphatic carbocycles. The van der Waals surface area contributed by atoms with Crippen molar-refractivity contribution in [1.82, 2.24) is 0 Å². The average Bonchev–Trinajstić information content (AvgIpc) is 3.45. The van der Waals surface area contributed by atoms with Gasteiger partial charge in [0.05, 0.1) is 0 Å². The summed E-state index contributed by atoms with van der Waals surface area (Å²) in [5.41, 5.74) is 8.21. The molecule has 0 amide bonds. The smallest absolute Gasteiger partial charge is 0.191 e. The number of hydrogen-bond donors (Lipinski definition) is 0. The molecule has 0 nitrogen and oxygen atoms in total. The van der Waals surface area contributed by atoms with Gasteiger partial charge >= 0.3 is 26.2 Å². The molecule has 2 heteroatoms. The molecule has 0 saturated carbocycles. The first-order valence-corrected chi connectivity index (χ1v) is 15.5. The van der Waals surface area contributed by atoms with Crippen LogP contribution in [0.15, 0.2) is 120 Å². The molecule has 0 spiro atoms. The fourth-order valence-corrected chi connectivity index (χ4v) is 9.28. The molecule has 36 heavy (non-hydrogen) atoms. The van der Waals surface area contributed by atoms with Crippen LogP contribution in [0.25, 0.3) is 12.2 Å². The third-order valence-corrected chi connectivity index (χ3v) is 11.5. The van der Waals surface area contributed by atoms with Gasteiger partial charge in [-0.25, -0.2) is 0 Å². The summed E-state index contributed by atoms with van der Waals surface area (Å²) in [6.07, 6.45) is 9.97. The van der Waals surface area contributed by atoms with Crippen LogP contribution in [0, 0.1) is 12.8 Å². The van der Waals surface area contributed by atoms with E-state index in [0.29, 0.717) is 11.8 Å². The largest absolute Gasteiger partial charge is 2.00 e. The van der Waals surface area contributed by atoms with Gasteiger partial charge in [-0.2, -0.15) is 48.2 Å². The minimum atomic E-state index is -2.01. The zero-order valence-corrected chi connectivity index (χ0v) is 24.3. The molecule has 2 aliphatic rings. The Labute approximate surface area is 235 Å². The molecule has 2 unspecified atom stereocenters. The van der Waals surface area contributed by atoms with Crippen molar-refractivity contribution in [3.05, 3.63) is 166 Å². The van der Waals surface area contributed by atoms with Gasteiger partial charge in [-0.1, -0.05) is 96.3 Å². The van der Waals surface area contributed by atoms with Crippen LogP contribution in [0.3, 0.4) is 0 Å². The Kier molecular flexibility index (Phi) is 7.11. The number of fused-ring (bicyclic) bond motifs is 2. The number of allylic oxidation sites excluding steroid dienone is 2. The van der Waals surface area contributed by atoms with Crippen molar-refractivity contribution in [3.8, 4) is 0 Å². The van der Waals surface area contributed by atoms with Gasteiger partial charge in [0.25, 0.3) is 0 Å². The van der Waals surface area contributed by atoms with Crippen LogP contribution in [0.5, 0.6) is 0 Å². The molecule has 0 heterocycles. The Hall–Kier alpha value is -2.80. The third-order valence-electron chi connectivity index (χ3n) is 7.72. The second-order valence-electron chi connectivity index (χ2n) is 10.2. The van der Waals surface area contributed by atoms with Gasteiger partial charge in [-0.3, -0.25) is 0 Å². The summed E-state index contributed by atoms with van der Waals surface area (Å²) in [6, 6.07) is 39.6. The monoisotopic (exact) mass is 556 g/mol.